The van der Waals surface area contributed by atoms with E-state index >= 15 is 0 Å². The fourth-order valence-electron chi connectivity index (χ4n) is 3.97. The second-order valence-electron chi connectivity index (χ2n) is 7.02. The van der Waals surface area contributed by atoms with Crippen molar-refractivity contribution in [1.82, 2.24) is 5.32 Å². The molecule has 156 valence electrons. The zero-order chi connectivity index (χ0) is 21.6. The van der Waals surface area contributed by atoms with Crippen LogP contribution in [0.2, 0.25) is 0 Å². The van der Waals surface area contributed by atoms with Crippen molar-refractivity contribution in [3.8, 4) is 17.6 Å². The highest BCUT2D eigenvalue weighted by Gasteiger charge is 2.45. The fraction of sp³-hybridized carbons (Fsp3) is 0.300. The summed E-state index contributed by atoms with van der Waals surface area (Å²) in [5, 5.41) is 11.1. The molecule has 30 heavy (non-hydrogen) atoms. The Kier molecular flexibility index (Phi) is 4.76. The van der Waals surface area contributed by atoms with Crippen molar-refractivity contribution >= 4 is 11.6 Å². The number of nitriles is 1. The largest absolute Gasteiger partial charge is 0.471 e. The van der Waals surface area contributed by atoms with Gasteiger partial charge in [0.05, 0.1) is 28.9 Å². The van der Waals surface area contributed by atoms with Crippen LogP contribution in [0.1, 0.15) is 30.0 Å². The smallest absolute Gasteiger partial charge is 0.455 e. The number of carbonyl (C=O) groups excluding carboxylic acids is 1. The molecule has 2 aromatic rings. The monoisotopic (exact) mass is 423 g/mol. The van der Waals surface area contributed by atoms with E-state index in [-0.39, 0.29) is 41.3 Å². The minimum Gasteiger partial charge on any atom is -0.455 e. The number of carbonyl (C=O) groups is 1. The van der Waals surface area contributed by atoms with Gasteiger partial charge in [0.1, 0.15) is 23.5 Å². The molecular weight excluding hydrogens is 409 g/mol. The molecule has 5 nitrogen and oxygen atoms in total. The number of anilines is 1. The molecule has 1 saturated heterocycles. The van der Waals surface area contributed by atoms with Gasteiger partial charge in [-0.05, 0) is 31.0 Å². The molecule has 2 aromatic carbocycles. The van der Waals surface area contributed by atoms with Crippen LogP contribution in [0.4, 0.5) is 27.6 Å². The van der Waals surface area contributed by atoms with Crippen molar-refractivity contribution in [3.63, 3.8) is 0 Å². The van der Waals surface area contributed by atoms with Gasteiger partial charge in [-0.15, -0.1) is 0 Å². The summed E-state index contributed by atoms with van der Waals surface area (Å²) >= 11 is 0. The normalized spacial score (nSPS) is 20.1. The molecule has 0 unspecified atom stereocenters. The first-order valence-electron chi connectivity index (χ1n) is 9.05. The zero-order valence-corrected chi connectivity index (χ0v) is 15.3. The SMILES string of the molecule is N#Cc1cc2c(cc1F)Oc1cccc(F)c1[C@@H]1[C@@H](NC(=O)C(F)(F)F)CCCN21. The number of hydrogen-bond acceptors (Lipinski definition) is 4. The molecule has 0 bridgehead atoms. The lowest BCUT2D eigenvalue weighted by atomic mass is 9.89. The Balaban J connectivity index is 1.89. The van der Waals surface area contributed by atoms with Gasteiger partial charge < -0.3 is 15.0 Å². The molecule has 0 aliphatic carbocycles. The number of rotatable bonds is 1. The second kappa shape index (κ2) is 7.16. The summed E-state index contributed by atoms with van der Waals surface area (Å²) in [4.78, 5) is 13.2. The quantitative estimate of drug-likeness (QED) is 0.694. The first-order valence-corrected chi connectivity index (χ1v) is 9.05. The fourth-order valence-corrected chi connectivity index (χ4v) is 3.97. The maximum Gasteiger partial charge on any atom is 0.471 e. The third kappa shape index (κ3) is 3.30. The van der Waals surface area contributed by atoms with Crippen molar-refractivity contribution < 1.29 is 31.5 Å². The van der Waals surface area contributed by atoms with Gasteiger partial charge in [-0.2, -0.15) is 18.4 Å². The van der Waals surface area contributed by atoms with Gasteiger partial charge in [-0.1, -0.05) is 6.07 Å². The minimum absolute atomic E-state index is 0.000940. The van der Waals surface area contributed by atoms with Crippen LogP contribution < -0.4 is 15.0 Å². The van der Waals surface area contributed by atoms with Crippen LogP contribution in [0, 0.1) is 23.0 Å². The summed E-state index contributed by atoms with van der Waals surface area (Å²) in [6, 6.07) is 5.69. The Morgan fingerprint density at radius 3 is 2.67 bits per heavy atom. The predicted octanol–water partition coefficient (Wildman–Crippen LogP) is 4.33. The van der Waals surface area contributed by atoms with E-state index in [1.807, 2.05) is 5.32 Å². The van der Waals surface area contributed by atoms with E-state index in [0.29, 0.717) is 6.42 Å². The van der Waals surface area contributed by atoms with E-state index in [0.717, 1.165) is 12.1 Å². The first kappa shape index (κ1) is 19.9. The number of amides is 1. The van der Waals surface area contributed by atoms with E-state index < -0.39 is 35.8 Å². The molecule has 0 radical (unpaired) electrons. The van der Waals surface area contributed by atoms with E-state index in [9.17, 15) is 32.0 Å². The average Bonchev–Trinajstić information content (AvgIpc) is 2.82. The Labute approximate surface area is 167 Å². The lowest BCUT2D eigenvalue weighted by Gasteiger charge is -2.42. The number of nitrogens with one attached hydrogen (secondary N) is 1. The van der Waals surface area contributed by atoms with Gasteiger partial charge in [0.15, 0.2) is 5.75 Å². The van der Waals surface area contributed by atoms with E-state index in [1.165, 1.54) is 18.2 Å². The van der Waals surface area contributed by atoms with Crippen LogP contribution in [0.15, 0.2) is 30.3 Å². The number of hydrogen-bond donors (Lipinski definition) is 1. The molecular formula is C20H14F5N3O2. The standard InChI is InChI=1S/C20H14F5N3O2/c21-11-3-1-5-15-17(11)18-13(27-19(29)20(23,24)25)4-2-6-28(18)14-7-10(9-26)12(22)8-16(14)30-15/h1,3,5,7-8,13,18H,2,4,6H2,(H,27,29)/t13-,18-/m0/s1. The van der Waals surface area contributed by atoms with Gasteiger partial charge in [0.25, 0.3) is 0 Å². The number of benzene rings is 2. The van der Waals surface area contributed by atoms with Gasteiger partial charge in [-0.3, -0.25) is 4.79 Å². The summed E-state index contributed by atoms with van der Waals surface area (Å²) in [7, 11) is 0. The molecule has 10 heteroatoms. The molecule has 1 N–H and O–H groups in total. The van der Waals surface area contributed by atoms with Crippen LogP contribution in [0.3, 0.4) is 0 Å². The molecule has 4 rings (SSSR count). The highest BCUT2D eigenvalue weighted by Crippen LogP contribution is 2.49. The Bertz CT molecular complexity index is 1060. The molecule has 0 saturated carbocycles. The summed E-state index contributed by atoms with van der Waals surface area (Å²) in [5.74, 6) is -3.70. The number of halogens is 5. The number of alkyl halides is 3. The highest BCUT2D eigenvalue weighted by molar-refractivity contribution is 5.82. The van der Waals surface area contributed by atoms with Crippen molar-refractivity contribution in [1.29, 1.82) is 5.26 Å². The maximum atomic E-state index is 14.8. The van der Waals surface area contributed by atoms with Crippen LogP contribution in [0.25, 0.3) is 0 Å². The highest BCUT2D eigenvalue weighted by atomic mass is 19.4. The van der Waals surface area contributed by atoms with Crippen LogP contribution in [-0.2, 0) is 4.79 Å². The van der Waals surface area contributed by atoms with Crippen molar-refractivity contribution in [2.24, 2.45) is 0 Å². The number of nitrogens with zero attached hydrogens (tertiary/aromatic N) is 2. The maximum absolute atomic E-state index is 14.8. The topological polar surface area (TPSA) is 65.4 Å². The number of fused-ring (bicyclic) bond motifs is 5. The van der Waals surface area contributed by atoms with Crippen molar-refractivity contribution in [2.75, 3.05) is 11.4 Å². The summed E-state index contributed by atoms with van der Waals surface area (Å²) in [5.41, 5.74) is -0.0942. The van der Waals surface area contributed by atoms with Gasteiger partial charge in [-0.25, -0.2) is 8.78 Å². The van der Waals surface area contributed by atoms with Crippen molar-refractivity contribution in [3.05, 3.63) is 53.1 Å². The Morgan fingerprint density at radius 2 is 1.97 bits per heavy atom. The average molecular weight is 423 g/mol. The molecule has 2 aliphatic heterocycles. The molecule has 1 fully saturated rings. The van der Waals surface area contributed by atoms with Crippen LogP contribution >= 0.6 is 0 Å². The van der Waals surface area contributed by atoms with Gasteiger partial charge in [0.2, 0.25) is 0 Å². The third-order valence-electron chi connectivity index (χ3n) is 5.21. The summed E-state index contributed by atoms with van der Waals surface area (Å²) in [6.07, 6.45) is -4.56. The number of piperidine rings is 1. The van der Waals surface area contributed by atoms with E-state index in [1.54, 1.807) is 11.0 Å². The predicted molar refractivity (Wildman–Crippen MR) is 94.9 cm³/mol. The molecule has 2 atom stereocenters. The van der Waals surface area contributed by atoms with E-state index in [4.69, 9.17) is 4.74 Å². The van der Waals surface area contributed by atoms with E-state index in [2.05, 4.69) is 0 Å². The Morgan fingerprint density at radius 1 is 1.20 bits per heavy atom. The number of ether oxygens (including phenoxy) is 1. The summed E-state index contributed by atoms with van der Waals surface area (Å²) in [6.45, 7) is 0.281. The van der Waals surface area contributed by atoms with Crippen LogP contribution in [-0.4, -0.2) is 24.7 Å². The zero-order valence-electron chi connectivity index (χ0n) is 15.3. The Hall–Kier alpha value is -3.35. The molecule has 2 aliphatic rings. The lowest BCUT2D eigenvalue weighted by molar-refractivity contribution is -0.174. The summed E-state index contributed by atoms with van der Waals surface area (Å²) < 4.78 is 73.3. The lowest BCUT2D eigenvalue weighted by Crippen LogP contribution is -2.53. The van der Waals surface area contributed by atoms with Crippen molar-refractivity contribution in [2.45, 2.75) is 31.1 Å². The first-order chi connectivity index (χ1) is 14.2. The van der Waals surface area contributed by atoms with Crippen LogP contribution in [0.5, 0.6) is 11.5 Å². The molecule has 1 amide bonds. The molecule has 0 spiro atoms. The third-order valence-corrected chi connectivity index (χ3v) is 5.21. The molecule has 0 aromatic heterocycles. The minimum atomic E-state index is -5.10. The molecule has 2 heterocycles. The van der Waals surface area contributed by atoms with Gasteiger partial charge >= 0.3 is 12.1 Å². The van der Waals surface area contributed by atoms with Gasteiger partial charge in [0, 0.05) is 12.6 Å². The second-order valence-corrected chi connectivity index (χ2v) is 7.02.